The number of carbonyl (C=O) groups excluding carboxylic acids is 1. The highest BCUT2D eigenvalue weighted by atomic mass is 19.1. The molecule has 1 aromatic carbocycles. The molecule has 2 rings (SSSR count). The molecule has 0 aromatic heterocycles. The summed E-state index contributed by atoms with van der Waals surface area (Å²) in [5.74, 6) is -0.166. The van der Waals surface area contributed by atoms with Gasteiger partial charge in [0.15, 0.2) is 0 Å². The maximum absolute atomic E-state index is 13.1. The van der Waals surface area contributed by atoms with Crippen LogP contribution in [0.25, 0.3) is 0 Å². The molecule has 0 bridgehead atoms. The summed E-state index contributed by atoms with van der Waals surface area (Å²) in [7, 11) is 1.45. The standard InChI is InChI=1S/C14H19FN2O2/c1-9-11(4-3-7-16-9)14(18)17-12-6-5-10(15)8-13(12)19-2/h5-6,8-9,11,16H,3-4,7H2,1-2H3,(H,17,18). The maximum atomic E-state index is 13.1. The molecule has 1 amide bonds. The van der Waals surface area contributed by atoms with Crippen LogP contribution in [0.2, 0.25) is 0 Å². The van der Waals surface area contributed by atoms with Crippen molar-refractivity contribution in [2.24, 2.45) is 5.92 Å². The Hall–Kier alpha value is -1.62. The van der Waals surface area contributed by atoms with Crippen molar-refractivity contribution in [3.8, 4) is 5.75 Å². The fraction of sp³-hybridized carbons (Fsp3) is 0.500. The number of rotatable bonds is 3. The Morgan fingerprint density at radius 2 is 2.32 bits per heavy atom. The number of hydrogen-bond acceptors (Lipinski definition) is 3. The van der Waals surface area contributed by atoms with E-state index in [0.29, 0.717) is 11.4 Å². The lowest BCUT2D eigenvalue weighted by Gasteiger charge is -2.29. The molecule has 2 N–H and O–H groups in total. The molecule has 1 aromatic rings. The van der Waals surface area contributed by atoms with Crippen molar-refractivity contribution in [2.45, 2.75) is 25.8 Å². The monoisotopic (exact) mass is 266 g/mol. The molecule has 0 spiro atoms. The van der Waals surface area contributed by atoms with Crippen LogP contribution in [-0.2, 0) is 4.79 Å². The molecule has 0 aliphatic carbocycles. The summed E-state index contributed by atoms with van der Waals surface area (Å²) in [5.41, 5.74) is 0.506. The summed E-state index contributed by atoms with van der Waals surface area (Å²) in [4.78, 5) is 12.2. The number of methoxy groups -OCH3 is 1. The van der Waals surface area contributed by atoms with Gasteiger partial charge in [0.2, 0.25) is 5.91 Å². The predicted molar refractivity (Wildman–Crippen MR) is 71.8 cm³/mol. The Kier molecular flexibility index (Phi) is 4.37. The summed E-state index contributed by atoms with van der Waals surface area (Å²) >= 11 is 0. The first-order valence-corrected chi connectivity index (χ1v) is 6.49. The third kappa shape index (κ3) is 3.23. The van der Waals surface area contributed by atoms with Crippen LogP contribution in [0.3, 0.4) is 0 Å². The van der Waals surface area contributed by atoms with Gasteiger partial charge in [0.1, 0.15) is 11.6 Å². The summed E-state index contributed by atoms with van der Waals surface area (Å²) in [6.07, 6.45) is 1.85. The van der Waals surface area contributed by atoms with Crippen LogP contribution in [0, 0.1) is 11.7 Å². The van der Waals surface area contributed by atoms with Crippen LogP contribution >= 0.6 is 0 Å². The number of amides is 1. The molecule has 1 aliphatic heterocycles. The van der Waals surface area contributed by atoms with Crippen LogP contribution in [0.4, 0.5) is 10.1 Å². The largest absolute Gasteiger partial charge is 0.494 e. The number of piperidine rings is 1. The fourth-order valence-electron chi connectivity index (χ4n) is 2.40. The molecule has 19 heavy (non-hydrogen) atoms. The average Bonchev–Trinajstić information content (AvgIpc) is 2.41. The molecule has 1 fully saturated rings. The smallest absolute Gasteiger partial charge is 0.229 e. The van der Waals surface area contributed by atoms with Gasteiger partial charge in [0, 0.05) is 12.1 Å². The Bertz CT molecular complexity index is 465. The van der Waals surface area contributed by atoms with Crippen molar-refractivity contribution < 1.29 is 13.9 Å². The number of halogens is 1. The lowest BCUT2D eigenvalue weighted by atomic mass is 9.91. The molecule has 2 atom stereocenters. The highest BCUT2D eigenvalue weighted by Gasteiger charge is 2.27. The average molecular weight is 266 g/mol. The second-order valence-electron chi connectivity index (χ2n) is 4.83. The van der Waals surface area contributed by atoms with E-state index in [1.807, 2.05) is 6.92 Å². The highest BCUT2D eigenvalue weighted by Crippen LogP contribution is 2.26. The van der Waals surface area contributed by atoms with Crippen LogP contribution < -0.4 is 15.4 Å². The quantitative estimate of drug-likeness (QED) is 0.881. The lowest BCUT2D eigenvalue weighted by molar-refractivity contribution is -0.121. The van der Waals surface area contributed by atoms with Crippen molar-refractivity contribution in [1.82, 2.24) is 5.32 Å². The minimum absolute atomic E-state index is 0.0513. The van der Waals surface area contributed by atoms with Crippen LogP contribution in [0.5, 0.6) is 5.75 Å². The van der Waals surface area contributed by atoms with Crippen molar-refractivity contribution in [3.05, 3.63) is 24.0 Å². The third-order valence-corrected chi connectivity index (χ3v) is 3.52. The second-order valence-corrected chi connectivity index (χ2v) is 4.83. The molecule has 1 saturated heterocycles. The maximum Gasteiger partial charge on any atom is 0.229 e. The lowest BCUT2D eigenvalue weighted by Crippen LogP contribution is -2.44. The van der Waals surface area contributed by atoms with E-state index in [-0.39, 0.29) is 23.7 Å². The molecule has 5 heteroatoms. The zero-order chi connectivity index (χ0) is 13.8. The number of anilines is 1. The third-order valence-electron chi connectivity index (χ3n) is 3.52. The molecular formula is C14H19FN2O2. The molecule has 4 nitrogen and oxygen atoms in total. The minimum Gasteiger partial charge on any atom is -0.494 e. The summed E-state index contributed by atoms with van der Waals surface area (Å²) in [6.45, 7) is 2.95. The number of benzene rings is 1. The highest BCUT2D eigenvalue weighted by molar-refractivity contribution is 5.94. The first-order chi connectivity index (χ1) is 9.11. The van der Waals surface area contributed by atoms with Crippen molar-refractivity contribution >= 4 is 11.6 Å². The molecular weight excluding hydrogens is 247 g/mol. The first-order valence-electron chi connectivity index (χ1n) is 6.49. The van der Waals surface area contributed by atoms with Gasteiger partial charge in [0.25, 0.3) is 0 Å². The molecule has 0 saturated carbocycles. The number of nitrogens with one attached hydrogen (secondary N) is 2. The molecule has 2 unspecified atom stereocenters. The van der Waals surface area contributed by atoms with Gasteiger partial charge in [-0.3, -0.25) is 4.79 Å². The van der Waals surface area contributed by atoms with E-state index in [0.717, 1.165) is 19.4 Å². The van der Waals surface area contributed by atoms with Crippen LogP contribution in [0.15, 0.2) is 18.2 Å². The van der Waals surface area contributed by atoms with E-state index in [1.54, 1.807) is 0 Å². The predicted octanol–water partition coefficient (Wildman–Crippen LogP) is 2.16. The van der Waals surface area contributed by atoms with Gasteiger partial charge in [-0.15, -0.1) is 0 Å². The topological polar surface area (TPSA) is 50.4 Å². The van der Waals surface area contributed by atoms with Crippen LogP contribution in [-0.4, -0.2) is 25.6 Å². The Morgan fingerprint density at radius 1 is 1.53 bits per heavy atom. The first kappa shape index (κ1) is 13.8. The van der Waals surface area contributed by atoms with Crippen molar-refractivity contribution in [1.29, 1.82) is 0 Å². The van der Waals surface area contributed by atoms with Gasteiger partial charge in [-0.25, -0.2) is 4.39 Å². The van der Waals surface area contributed by atoms with E-state index < -0.39 is 0 Å². The zero-order valence-electron chi connectivity index (χ0n) is 11.2. The summed E-state index contributed by atoms with van der Waals surface area (Å²) in [5, 5.41) is 6.10. The SMILES string of the molecule is COc1cc(F)ccc1NC(=O)C1CCCNC1C. The van der Waals surface area contributed by atoms with Gasteiger partial charge < -0.3 is 15.4 Å². The van der Waals surface area contributed by atoms with Gasteiger partial charge in [0.05, 0.1) is 18.7 Å². The van der Waals surface area contributed by atoms with Crippen LogP contribution in [0.1, 0.15) is 19.8 Å². The minimum atomic E-state index is -0.387. The number of ether oxygens (including phenoxy) is 1. The molecule has 1 heterocycles. The Labute approximate surface area is 112 Å². The van der Waals surface area contributed by atoms with Gasteiger partial charge in [-0.2, -0.15) is 0 Å². The van der Waals surface area contributed by atoms with E-state index in [1.165, 1.54) is 25.3 Å². The number of hydrogen-bond donors (Lipinski definition) is 2. The van der Waals surface area contributed by atoms with Gasteiger partial charge in [-0.1, -0.05) is 0 Å². The Balaban J connectivity index is 2.10. The molecule has 104 valence electrons. The van der Waals surface area contributed by atoms with Gasteiger partial charge >= 0.3 is 0 Å². The number of carbonyl (C=O) groups is 1. The fourth-order valence-corrected chi connectivity index (χ4v) is 2.40. The summed E-state index contributed by atoms with van der Waals surface area (Å²) < 4.78 is 18.2. The van der Waals surface area contributed by atoms with Gasteiger partial charge in [-0.05, 0) is 38.4 Å². The summed E-state index contributed by atoms with van der Waals surface area (Å²) in [6, 6.07) is 4.24. The normalized spacial score (nSPS) is 22.9. The van der Waals surface area contributed by atoms with E-state index >= 15 is 0 Å². The zero-order valence-corrected chi connectivity index (χ0v) is 11.2. The van der Waals surface area contributed by atoms with E-state index in [9.17, 15) is 9.18 Å². The molecule has 0 radical (unpaired) electrons. The van der Waals surface area contributed by atoms with E-state index in [4.69, 9.17) is 4.74 Å². The van der Waals surface area contributed by atoms with Crippen molar-refractivity contribution in [3.63, 3.8) is 0 Å². The second kappa shape index (κ2) is 6.02. The Morgan fingerprint density at radius 3 is 3.00 bits per heavy atom. The molecule has 1 aliphatic rings. The van der Waals surface area contributed by atoms with Crippen molar-refractivity contribution in [2.75, 3.05) is 19.0 Å². The van der Waals surface area contributed by atoms with E-state index in [2.05, 4.69) is 10.6 Å².